The molecule has 0 radical (unpaired) electrons. The summed E-state index contributed by atoms with van der Waals surface area (Å²) in [7, 11) is -5.12. The van der Waals surface area contributed by atoms with E-state index in [1.165, 1.54) is 70.6 Å². The SMILES string of the molecule is CCCCC/C=C/C/C=C/C/C=C/CCCCCCC(=O)O[C@H](COC(=O)CCCCCCCCCCCCCC)COP(=O)(O)OC1C(O)C(O)C(O)[C@@H](O)C1O. The first-order chi connectivity index (χ1) is 27.9. The van der Waals surface area contributed by atoms with Crippen LogP contribution >= 0.6 is 7.82 Å². The van der Waals surface area contributed by atoms with Gasteiger partial charge in [-0.3, -0.25) is 18.6 Å². The van der Waals surface area contributed by atoms with Crippen LogP contribution in [0.15, 0.2) is 36.5 Å². The van der Waals surface area contributed by atoms with E-state index < -0.39 is 75.7 Å². The Kier molecular flexibility index (Phi) is 32.4. The molecule has 58 heavy (non-hydrogen) atoms. The number of carbonyl (C=O) groups excluding carboxylic acids is 2. The predicted molar refractivity (Wildman–Crippen MR) is 226 cm³/mol. The normalized spacial score (nSPS) is 22.8. The second-order valence-electron chi connectivity index (χ2n) is 15.6. The molecule has 13 nitrogen and oxygen atoms in total. The number of phosphoric acid groups is 1. The molecule has 0 aromatic rings. The summed E-state index contributed by atoms with van der Waals surface area (Å²) in [5.41, 5.74) is 0. The fourth-order valence-corrected chi connectivity index (χ4v) is 7.56. The Morgan fingerprint density at radius 3 is 1.45 bits per heavy atom. The van der Waals surface area contributed by atoms with Crippen molar-refractivity contribution in [3.8, 4) is 0 Å². The molecular formula is C44H79O13P. The summed E-state index contributed by atoms with van der Waals surface area (Å²) >= 11 is 0. The minimum atomic E-state index is -5.12. The number of allylic oxidation sites excluding steroid dienone is 6. The van der Waals surface area contributed by atoms with Crippen molar-refractivity contribution in [1.29, 1.82) is 0 Å². The minimum Gasteiger partial charge on any atom is -0.462 e. The van der Waals surface area contributed by atoms with Crippen LogP contribution in [-0.2, 0) is 32.7 Å². The van der Waals surface area contributed by atoms with Crippen LogP contribution in [0.4, 0.5) is 0 Å². The third-order valence-electron chi connectivity index (χ3n) is 10.2. The van der Waals surface area contributed by atoms with E-state index in [2.05, 4.69) is 50.3 Å². The number of hydrogen-bond acceptors (Lipinski definition) is 12. The molecule has 6 N–H and O–H groups in total. The van der Waals surface area contributed by atoms with E-state index in [0.29, 0.717) is 12.8 Å². The lowest BCUT2D eigenvalue weighted by Gasteiger charge is -2.41. The highest BCUT2D eigenvalue weighted by molar-refractivity contribution is 7.47. The van der Waals surface area contributed by atoms with E-state index in [1.54, 1.807) is 0 Å². The van der Waals surface area contributed by atoms with Crippen LogP contribution in [0, 0.1) is 0 Å². The number of rotatable bonds is 36. The maximum absolute atomic E-state index is 12.8. The van der Waals surface area contributed by atoms with Crippen molar-refractivity contribution in [2.24, 2.45) is 0 Å². The third kappa shape index (κ3) is 27.0. The molecule has 1 aliphatic carbocycles. The van der Waals surface area contributed by atoms with Gasteiger partial charge in [0.15, 0.2) is 6.10 Å². The van der Waals surface area contributed by atoms with E-state index in [1.807, 2.05) is 0 Å². The number of hydrogen-bond donors (Lipinski definition) is 6. The lowest BCUT2D eigenvalue weighted by atomic mass is 9.85. The molecule has 338 valence electrons. The van der Waals surface area contributed by atoms with Crippen molar-refractivity contribution in [2.75, 3.05) is 13.2 Å². The topological polar surface area (TPSA) is 210 Å². The van der Waals surface area contributed by atoms with Crippen molar-refractivity contribution in [3.63, 3.8) is 0 Å². The molecule has 1 rings (SSSR count). The summed E-state index contributed by atoms with van der Waals surface area (Å²) in [5, 5.41) is 50.1. The van der Waals surface area contributed by atoms with Gasteiger partial charge in [-0.15, -0.1) is 0 Å². The molecule has 1 fully saturated rings. The molecular weight excluding hydrogens is 767 g/mol. The number of aliphatic hydroxyl groups excluding tert-OH is 5. The number of aliphatic hydroxyl groups is 5. The fraction of sp³-hybridized carbons (Fsp3) is 0.818. The van der Waals surface area contributed by atoms with Gasteiger partial charge >= 0.3 is 19.8 Å². The number of esters is 2. The van der Waals surface area contributed by atoms with Crippen LogP contribution in [0.3, 0.4) is 0 Å². The zero-order chi connectivity index (χ0) is 42.9. The van der Waals surface area contributed by atoms with Gasteiger partial charge in [-0.2, -0.15) is 0 Å². The van der Waals surface area contributed by atoms with Crippen LogP contribution in [0.5, 0.6) is 0 Å². The summed E-state index contributed by atoms with van der Waals surface area (Å²) < 4.78 is 33.4. The number of ether oxygens (including phenoxy) is 2. The van der Waals surface area contributed by atoms with Gasteiger partial charge in [-0.05, 0) is 51.4 Å². The highest BCUT2D eigenvalue weighted by Crippen LogP contribution is 2.47. The quantitative estimate of drug-likeness (QED) is 0.0152. The molecule has 1 saturated carbocycles. The third-order valence-corrected chi connectivity index (χ3v) is 11.2. The Labute approximate surface area is 348 Å². The molecule has 8 atom stereocenters. The lowest BCUT2D eigenvalue weighted by molar-refractivity contribution is -0.220. The first-order valence-electron chi connectivity index (χ1n) is 22.3. The predicted octanol–water partition coefficient (Wildman–Crippen LogP) is 8.22. The smallest absolute Gasteiger partial charge is 0.462 e. The van der Waals surface area contributed by atoms with Crippen molar-refractivity contribution in [2.45, 2.75) is 217 Å². The van der Waals surface area contributed by atoms with E-state index in [0.717, 1.165) is 64.2 Å². The molecule has 0 spiro atoms. The van der Waals surface area contributed by atoms with E-state index in [4.69, 9.17) is 18.5 Å². The first-order valence-corrected chi connectivity index (χ1v) is 23.8. The highest BCUT2D eigenvalue weighted by Gasteiger charge is 2.51. The molecule has 0 aromatic heterocycles. The largest absolute Gasteiger partial charge is 0.472 e. The Hall–Kier alpha value is -1.93. The minimum absolute atomic E-state index is 0.0723. The zero-order valence-electron chi connectivity index (χ0n) is 35.6. The molecule has 0 aromatic carbocycles. The van der Waals surface area contributed by atoms with Gasteiger partial charge < -0.3 is 39.9 Å². The van der Waals surface area contributed by atoms with Gasteiger partial charge in [-0.25, -0.2) is 4.57 Å². The van der Waals surface area contributed by atoms with Crippen molar-refractivity contribution in [1.82, 2.24) is 0 Å². The van der Waals surface area contributed by atoms with Gasteiger partial charge in [0, 0.05) is 12.8 Å². The maximum atomic E-state index is 12.8. The van der Waals surface area contributed by atoms with E-state index in [-0.39, 0.29) is 12.8 Å². The summed E-state index contributed by atoms with van der Waals surface area (Å²) in [6.07, 6.45) is 24.9. The van der Waals surface area contributed by atoms with Crippen molar-refractivity contribution in [3.05, 3.63) is 36.5 Å². The molecule has 0 amide bonds. The lowest BCUT2D eigenvalue weighted by Crippen LogP contribution is -2.64. The monoisotopic (exact) mass is 847 g/mol. The van der Waals surface area contributed by atoms with Crippen LogP contribution in [-0.4, -0.2) is 98.3 Å². The number of carbonyl (C=O) groups is 2. The summed E-state index contributed by atoms with van der Waals surface area (Å²) in [6.45, 7) is 3.24. The Bertz CT molecular complexity index is 1160. The molecule has 0 saturated heterocycles. The standard InChI is InChI=1S/C44H79O13P/c1-3-5-7-9-11-13-15-17-18-19-20-21-23-25-27-29-31-33-38(46)56-36(34-54-37(45)32-30-28-26-24-22-16-14-12-10-8-6-4-2)35-55-58(52,53)57-44-42(50)40(48)39(47)41(49)43(44)51/h11,13,17-18,20-21,36,39-44,47-51H,3-10,12,14-16,19,22-35H2,1-2H3,(H,52,53)/b13-11+,18-17+,21-20+/t36-,39?,40-,41?,42?,43?,44?/m1/s1. The average molecular weight is 847 g/mol. The average Bonchev–Trinajstić information content (AvgIpc) is 3.20. The summed E-state index contributed by atoms with van der Waals surface area (Å²) in [5.74, 6) is -1.12. The van der Waals surface area contributed by atoms with Gasteiger partial charge in [0.25, 0.3) is 0 Å². The molecule has 1 aliphatic rings. The second kappa shape index (κ2) is 34.7. The fourth-order valence-electron chi connectivity index (χ4n) is 6.59. The van der Waals surface area contributed by atoms with Crippen molar-refractivity contribution >= 4 is 19.8 Å². The Morgan fingerprint density at radius 1 is 0.534 bits per heavy atom. The molecule has 14 heteroatoms. The summed E-state index contributed by atoms with van der Waals surface area (Å²) in [4.78, 5) is 35.6. The zero-order valence-corrected chi connectivity index (χ0v) is 36.5. The molecule has 0 aliphatic heterocycles. The number of unbranched alkanes of at least 4 members (excludes halogenated alkanes) is 18. The second-order valence-corrected chi connectivity index (χ2v) is 17.0. The summed E-state index contributed by atoms with van der Waals surface area (Å²) in [6, 6.07) is 0. The van der Waals surface area contributed by atoms with E-state index >= 15 is 0 Å². The number of phosphoric ester groups is 1. The molecule has 0 bridgehead atoms. The van der Waals surface area contributed by atoms with Crippen LogP contribution in [0.2, 0.25) is 0 Å². The van der Waals surface area contributed by atoms with Gasteiger partial charge in [0.2, 0.25) is 0 Å². The Balaban J connectivity index is 2.50. The molecule has 6 unspecified atom stereocenters. The maximum Gasteiger partial charge on any atom is 0.472 e. The van der Waals surface area contributed by atoms with E-state index in [9.17, 15) is 44.6 Å². The first kappa shape index (κ1) is 54.1. The Morgan fingerprint density at radius 2 is 0.931 bits per heavy atom. The molecule has 0 heterocycles. The van der Waals surface area contributed by atoms with Gasteiger partial charge in [0.1, 0.15) is 43.2 Å². The van der Waals surface area contributed by atoms with Crippen molar-refractivity contribution < 1.29 is 63.1 Å². The van der Waals surface area contributed by atoms with Crippen LogP contribution < -0.4 is 0 Å². The highest BCUT2D eigenvalue weighted by atomic mass is 31.2. The van der Waals surface area contributed by atoms with Gasteiger partial charge in [0.05, 0.1) is 6.61 Å². The van der Waals surface area contributed by atoms with Crippen LogP contribution in [0.25, 0.3) is 0 Å². The van der Waals surface area contributed by atoms with Gasteiger partial charge in [-0.1, -0.05) is 147 Å². The van der Waals surface area contributed by atoms with Crippen LogP contribution in [0.1, 0.15) is 174 Å².